The van der Waals surface area contributed by atoms with Gasteiger partial charge in [-0.15, -0.1) is 12.4 Å². The van der Waals surface area contributed by atoms with Crippen LogP contribution in [-0.2, 0) is 0 Å². The van der Waals surface area contributed by atoms with Crippen LogP contribution in [0.2, 0.25) is 0 Å². The summed E-state index contributed by atoms with van der Waals surface area (Å²) in [7, 11) is 0. The summed E-state index contributed by atoms with van der Waals surface area (Å²) < 4.78 is 0. The van der Waals surface area contributed by atoms with Crippen molar-refractivity contribution in [2.45, 2.75) is 0 Å². The van der Waals surface area contributed by atoms with Crippen LogP contribution in [0.15, 0.2) is 24.3 Å². The van der Waals surface area contributed by atoms with Gasteiger partial charge in [-0.1, -0.05) is 18.2 Å². The van der Waals surface area contributed by atoms with Gasteiger partial charge in [0.25, 0.3) is 0 Å². The van der Waals surface area contributed by atoms with Crippen LogP contribution in [0.25, 0.3) is 6.08 Å². The first-order chi connectivity index (χ1) is 5.90. The minimum atomic E-state index is 0. The molecule has 0 amide bonds. The number of nitrogens with one attached hydrogen (secondary N) is 1. The summed E-state index contributed by atoms with van der Waals surface area (Å²) >= 11 is 0. The molecule has 1 N–H and O–H groups in total. The van der Waals surface area contributed by atoms with Gasteiger partial charge >= 0.3 is 0 Å². The summed E-state index contributed by atoms with van der Waals surface area (Å²) in [5.74, 6) is 0. The summed E-state index contributed by atoms with van der Waals surface area (Å²) in [5, 5.41) is 11.8. The summed E-state index contributed by atoms with van der Waals surface area (Å²) in [5.41, 5.74) is 2.91. The van der Waals surface area contributed by atoms with Crippen LogP contribution in [-0.4, -0.2) is 6.54 Å². The van der Waals surface area contributed by atoms with E-state index in [1.54, 1.807) is 0 Å². The molecule has 0 saturated heterocycles. The SMILES string of the molecule is Cl.N#Cc1ccc2c(c1)NCC=C2. The molecule has 2 nitrogen and oxygen atoms in total. The fourth-order valence-corrected chi connectivity index (χ4v) is 1.28. The number of anilines is 1. The number of halogens is 1. The third-order valence-corrected chi connectivity index (χ3v) is 1.89. The molecule has 1 heterocycles. The molecule has 0 aliphatic carbocycles. The quantitative estimate of drug-likeness (QED) is 0.685. The van der Waals surface area contributed by atoms with E-state index in [0.29, 0.717) is 5.56 Å². The maximum atomic E-state index is 8.64. The highest BCUT2D eigenvalue weighted by atomic mass is 35.5. The van der Waals surface area contributed by atoms with Gasteiger partial charge < -0.3 is 5.32 Å². The lowest BCUT2D eigenvalue weighted by Crippen LogP contribution is -2.04. The van der Waals surface area contributed by atoms with Crippen molar-refractivity contribution in [3.63, 3.8) is 0 Å². The van der Waals surface area contributed by atoms with Gasteiger partial charge in [0.15, 0.2) is 0 Å². The van der Waals surface area contributed by atoms with Gasteiger partial charge in [-0.05, 0) is 17.7 Å². The van der Waals surface area contributed by atoms with Crippen molar-refractivity contribution < 1.29 is 0 Å². The number of fused-ring (bicyclic) bond motifs is 1. The van der Waals surface area contributed by atoms with Crippen molar-refractivity contribution in [1.82, 2.24) is 0 Å². The fourth-order valence-electron chi connectivity index (χ4n) is 1.28. The number of hydrogen-bond acceptors (Lipinski definition) is 2. The van der Waals surface area contributed by atoms with Crippen LogP contribution in [0.5, 0.6) is 0 Å². The molecule has 0 aromatic heterocycles. The second-order valence-corrected chi connectivity index (χ2v) is 2.70. The van der Waals surface area contributed by atoms with Gasteiger partial charge in [0.05, 0.1) is 11.6 Å². The van der Waals surface area contributed by atoms with E-state index in [0.717, 1.165) is 17.8 Å². The third kappa shape index (κ3) is 1.82. The molecule has 13 heavy (non-hydrogen) atoms. The average molecular weight is 193 g/mol. The standard InChI is InChI=1S/C10H8N2.ClH/c11-7-8-3-4-9-2-1-5-12-10(9)6-8;/h1-4,6,12H,5H2;1H. The van der Waals surface area contributed by atoms with Gasteiger partial charge in [0, 0.05) is 12.2 Å². The Morgan fingerprint density at radius 1 is 1.38 bits per heavy atom. The Labute approximate surface area is 83.3 Å². The molecule has 1 aromatic rings. The van der Waals surface area contributed by atoms with Crippen molar-refractivity contribution in [3.8, 4) is 6.07 Å². The second kappa shape index (κ2) is 3.97. The molecular formula is C10H9ClN2. The molecule has 3 heteroatoms. The van der Waals surface area contributed by atoms with Gasteiger partial charge in [-0.25, -0.2) is 0 Å². The van der Waals surface area contributed by atoms with E-state index in [2.05, 4.69) is 23.5 Å². The second-order valence-electron chi connectivity index (χ2n) is 2.70. The van der Waals surface area contributed by atoms with Crippen molar-refractivity contribution in [2.24, 2.45) is 0 Å². The Bertz CT molecular complexity index is 377. The van der Waals surface area contributed by atoms with Crippen LogP contribution in [0.1, 0.15) is 11.1 Å². The Balaban J connectivity index is 0.000000845. The smallest absolute Gasteiger partial charge is 0.0992 e. The van der Waals surface area contributed by atoms with Gasteiger partial charge in [0.1, 0.15) is 0 Å². The number of hydrogen-bond donors (Lipinski definition) is 1. The minimum absolute atomic E-state index is 0. The Morgan fingerprint density at radius 3 is 3.00 bits per heavy atom. The van der Waals surface area contributed by atoms with E-state index in [1.807, 2.05) is 18.2 Å². The molecule has 1 aliphatic rings. The molecule has 2 rings (SSSR count). The molecule has 0 spiro atoms. The molecule has 66 valence electrons. The molecule has 0 atom stereocenters. The summed E-state index contributed by atoms with van der Waals surface area (Å²) in [6.45, 7) is 0.849. The fraction of sp³-hybridized carbons (Fsp3) is 0.100. The summed E-state index contributed by atoms with van der Waals surface area (Å²) in [6.07, 6.45) is 4.13. The first-order valence-electron chi connectivity index (χ1n) is 3.85. The minimum Gasteiger partial charge on any atom is -0.381 e. The van der Waals surface area contributed by atoms with E-state index in [1.165, 1.54) is 0 Å². The lowest BCUT2D eigenvalue weighted by molar-refractivity contribution is 1.30. The van der Waals surface area contributed by atoms with E-state index < -0.39 is 0 Å². The highest BCUT2D eigenvalue weighted by Crippen LogP contribution is 2.21. The monoisotopic (exact) mass is 192 g/mol. The Hall–Kier alpha value is -1.46. The lowest BCUT2D eigenvalue weighted by atomic mass is 10.1. The predicted octanol–water partition coefficient (Wildman–Crippen LogP) is 2.42. The highest BCUT2D eigenvalue weighted by molar-refractivity contribution is 5.85. The summed E-state index contributed by atoms with van der Waals surface area (Å²) in [4.78, 5) is 0. The van der Waals surface area contributed by atoms with E-state index >= 15 is 0 Å². The van der Waals surface area contributed by atoms with Crippen molar-refractivity contribution >= 4 is 24.2 Å². The zero-order valence-electron chi connectivity index (χ0n) is 6.95. The molecule has 0 bridgehead atoms. The van der Waals surface area contributed by atoms with Crippen LogP contribution in [0.3, 0.4) is 0 Å². The van der Waals surface area contributed by atoms with Gasteiger partial charge in [-0.3, -0.25) is 0 Å². The van der Waals surface area contributed by atoms with Crippen LogP contribution >= 0.6 is 12.4 Å². The number of nitriles is 1. The van der Waals surface area contributed by atoms with Crippen molar-refractivity contribution in [2.75, 3.05) is 11.9 Å². The molecule has 1 aromatic carbocycles. The van der Waals surface area contributed by atoms with Gasteiger partial charge in [0.2, 0.25) is 0 Å². The van der Waals surface area contributed by atoms with E-state index in [4.69, 9.17) is 5.26 Å². The topological polar surface area (TPSA) is 35.8 Å². The first kappa shape index (κ1) is 9.63. The normalized spacial score (nSPS) is 11.9. The van der Waals surface area contributed by atoms with Crippen LogP contribution in [0.4, 0.5) is 5.69 Å². The van der Waals surface area contributed by atoms with Crippen molar-refractivity contribution in [3.05, 3.63) is 35.4 Å². The molecule has 0 radical (unpaired) electrons. The maximum Gasteiger partial charge on any atom is 0.0992 e. The highest BCUT2D eigenvalue weighted by Gasteiger charge is 2.02. The van der Waals surface area contributed by atoms with E-state index in [-0.39, 0.29) is 12.4 Å². The first-order valence-corrected chi connectivity index (χ1v) is 3.85. The zero-order chi connectivity index (χ0) is 8.39. The molecule has 0 saturated carbocycles. The average Bonchev–Trinajstić information content (AvgIpc) is 2.17. The van der Waals surface area contributed by atoms with Crippen LogP contribution in [0, 0.1) is 11.3 Å². The van der Waals surface area contributed by atoms with E-state index in [9.17, 15) is 0 Å². The predicted molar refractivity (Wildman–Crippen MR) is 55.9 cm³/mol. The number of rotatable bonds is 0. The zero-order valence-corrected chi connectivity index (χ0v) is 7.77. The Morgan fingerprint density at radius 2 is 2.23 bits per heavy atom. The summed E-state index contributed by atoms with van der Waals surface area (Å²) in [6, 6.07) is 7.77. The maximum absolute atomic E-state index is 8.64. The molecular weight excluding hydrogens is 184 g/mol. The Kier molecular flexibility index (Phi) is 2.94. The largest absolute Gasteiger partial charge is 0.381 e. The lowest BCUT2D eigenvalue weighted by Gasteiger charge is -2.12. The molecule has 1 aliphatic heterocycles. The van der Waals surface area contributed by atoms with Crippen LogP contribution < -0.4 is 5.32 Å². The number of benzene rings is 1. The third-order valence-electron chi connectivity index (χ3n) is 1.89. The number of nitrogens with zero attached hydrogens (tertiary/aromatic N) is 1. The molecule has 0 fully saturated rings. The molecule has 0 unspecified atom stereocenters. The van der Waals surface area contributed by atoms with Gasteiger partial charge in [-0.2, -0.15) is 5.26 Å². The van der Waals surface area contributed by atoms with Crippen molar-refractivity contribution in [1.29, 1.82) is 5.26 Å².